The first-order valence-electron chi connectivity index (χ1n) is 7.62. The molecular formula is C15H24N4S. The van der Waals surface area contributed by atoms with Crippen LogP contribution in [0.4, 0.5) is 5.82 Å². The highest BCUT2D eigenvalue weighted by molar-refractivity contribution is 7.15. The van der Waals surface area contributed by atoms with Crippen LogP contribution in [0, 0.1) is 5.92 Å². The van der Waals surface area contributed by atoms with Crippen LogP contribution in [0.5, 0.6) is 0 Å². The van der Waals surface area contributed by atoms with Crippen molar-refractivity contribution >= 4 is 22.1 Å². The van der Waals surface area contributed by atoms with Crippen LogP contribution in [0.25, 0.3) is 4.96 Å². The fraction of sp³-hybridized carbons (Fsp3) is 0.667. The fourth-order valence-electron chi connectivity index (χ4n) is 3.04. The molecule has 0 saturated carbocycles. The predicted molar refractivity (Wildman–Crippen MR) is 85.7 cm³/mol. The maximum Gasteiger partial charge on any atom is 0.195 e. The van der Waals surface area contributed by atoms with E-state index in [2.05, 4.69) is 47.0 Å². The van der Waals surface area contributed by atoms with E-state index in [0.29, 0.717) is 6.04 Å². The van der Waals surface area contributed by atoms with Crippen molar-refractivity contribution in [2.24, 2.45) is 5.92 Å². The van der Waals surface area contributed by atoms with E-state index in [4.69, 9.17) is 4.98 Å². The summed E-state index contributed by atoms with van der Waals surface area (Å²) in [4.78, 5) is 8.53. The normalized spacial score (nSPS) is 23.6. The van der Waals surface area contributed by atoms with Crippen molar-refractivity contribution < 1.29 is 0 Å². The summed E-state index contributed by atoms with van der Waals surface area (Å²) < 4.78 is 2.24. The molecule has 1 aliphatic rings. The molecule has 2 atom stereocenters. The number of imidazole rings is 1. The molecule has 4 nitrogen and oxygen atoms in total. The Morgan fingerprint density at radius 2 is 2.25 bits per heavy atom. The molecule has 0 spiro atoms. The number of hydrogen-bond donors (Lipinski definition) is 1. The van der Waals surface area contributed by atoms with E-state index in [-0.39, 0.29) is 0 Å². The summed E-state index contributed by atoms with van der Waals surface area (Å²) in [6, 6.07) is 0.594. The van der Waals surface area contributed by atoms with Gasteiger partial charge in [0.1, 0.15) is 0 Å². The largest absolute Gasteiger partial charge is 0.352 e. The Kier molecular flexibility index (Phi) is 3.98. The zero-order chi connectivity index (χ0) is 14.1. The number of thiazole rings is 1. The summed E-state index contributed by atoms with van der Waals surface area (Å²) in [6.07, 6.45) is 4.75. The van der Waals surface area contributed by atoms with Crippen molar-refractivity contribution in [2.45, 2.75) is 46.2 Å². The summed E-state index contributed by atoms with van der Waals surface area (Å²) in [6.45, 7) is 9.84. The summed E-state index contributed by atoms with van der Waals surface area (Å²) in [5, 5.41) is 5.57. The van der Waals surface area contributed by atoms with Crippen LogP contribution in [0.15, 0.2) is 11.6 Å². The summed E-state index contributed by atoms with van der Waals surface area (Å²) >= 11 is 1.72. The lowest BCUT2D eigenvalue weighted by molar-refractivity contribution is 0.387. The molecule has 1 saturated heterocycles. The molecule has 0 amide bonds. The second kappa shape index (κ2) is 5.74. The smallest absolute Gasteiger partial charge is 0.195 e. The van der Waals surface area contributed by atoms with E-state index in [1.165, 1.54) is 24.4 Å². The molecule has 2 aromatic heterocycles. The highest BCUT2D eigenvalue weighted by Gasteiger charge is 2.27. The molecule has 110 valence electrons. The van der Waals surface area contributed by atoms with Gasteiger partial charge < -0.3 is 10.2 Å². The Balaban J connectivity index is 1.98. The fourth-order valence-corrected chi connectivity index (χ4v) is 3.77. The van der Waals surface area contributed by atoms with Crippen LogP contribution in [0.3, 0.4) is 0 Å². The molecule has 1 N–H and O–H groups in total. The Bertz CT molecular complexity index is 573. The summed E-state index contributed by atoms with van der Waals surface area (Å²) in [7, 11) is 0. The highest BCUT2D eigenvalue weighted by Crippen LogP contribution is 2.31. The first-order chi connectivity index (χ1) is 9.70. The Morgan fingerprint density at radius 3 is 3.05 bits per heavy atom. The van der Waals surface area contributed by atoms with Gasteiger partial charge in [0, 0.05) is 30.7 Å². The van der Waals surface area contributed by atoms with E-state index in [0.717, 1.165) is 30.5 Å². The van der Waals surface area contributed by atoms with Gasteiger partial charge in [0.05, 0.1) is 5.69 Å². The van der Waals surface area contributed by atoms with Crippen molar-refractivity contribution in [1.29, 1.82) is 0 Å². The van der Waals surface area contributed by atoms with Gasteiger partial charge in [-0.05, 0) is 32.2 Å². The van der Waals surface area contributed by atoms with Gasteiger partial charge in [-0.3, -0.25) is 4.40 Å². The van der Waals surface area contributed by atoms with Gasteiger partial charge in [0.2, 0.25) is 0 Å². The van der Waals surface area contributed by atoms with Crippen molar-refractivity contribution in [2.75, 3.05) is 18.0 Å². The molecule has 2 unspecified atom stereocenters. The van der Waals surface area contributed by atoms with E-state index < -0.39 is 0 Å². The zero-order valence-corrected chi connectivity index (χ0v) is 13.4. The lowest BCUT2D eigenvalue weighted by Crippen LogP contribution is -2.42. The topological polar surface area (TPSA) is 32.6 Å². The number of rotatable bonds is 4. The molecule has 2 aromatic rings. The maximum atomic E-state index is 4.90. The number of hydrogen-bond acceptors (Lipinski definition) is 4. The van der Waals surface area contributed by atoms with Crippen molar-refractivity contribution in [3.8, 4) is 0 Å². The van der Waals surface area contributed by atoms with E-state index >= 15 is 0 Å². The molecule has 0 aliphatic carbocycles. The first-order valence-corrected chi connectivity index (χ1v) is 8.50. The number of nitrogens with one attached hydrogen (secondary N) is 1. The van der Waals surface area contributed by atoms with Crippen molar-refractivity contribution in [3.63, 3.8) is 0 Å². The molecule has 20 heavy (non-hydrogen) atoms. The molecule has 3 heterocycles. The number of piperidine rings is 1. The van der Waals surface area contributed by atoms with Gasteiger partial charge in [0.15, 0.2) is 10.8 Å². The lowest BCUT2D eigenvalue weighted by atomic mass is 9.95. The van der Waals surface area contributed by atoms with Gasteiger partial charge in [0.25, 0.3) is 0 Å². The number of aromatic nitrogens is 2. The van der Waals surface area contributed by atoms with Crippen molar-refractivity contribution in [1.82, 2.24) is 14.7 Å². The molecule has 1 fully saturated rings. The van der Waals surface area contributed by atoms with Crippen molar-refractivity contribution in [3.05, 3.63) is 17.3 Å². The lowest BCUT2D eigenvalue weighted by Gasteiger charge is -2.37. The highest BCUT2D eigenvalue weighted by atomic mass is 32.1. The van der Waals surface area contributed by atoms with Crippen LogP contribution in [0.2, 0.25) is 0 Å². The molecule has 1 aliphatic heterocycles. The van der Waals surface area contributed by atoms with Gasteiger partial charge >= 0.3 is 0 Å². The Labute approximate surface area is 124 Å². The molecule has 0 aromatic carbocycles. The van der Waals surface area contributed by atoms with Gasteiger partial charge in [-0.2, -0.15) is 0 Å². The van der Waals surface area contributed by atoms with Crippen LogP contribution >= 0.6 is 11.3 Å². The quantitative estimate of drug-likeness (QED) is 0.939. The molecule has 0 radical (unpaired) electrons. The SMILES string of the molecule is CCNCc1c(N2CC(C)CCC2C)nc2sccn12. The minimum absolute atomic E-state index is 0.594. The van der Waals surface area contributed by atoms with E-state index in [1.54, 1.807) is 11.3 Å². The minimum Gasteiger partial charge on any atom is -0.352 e. The number of fused-ring (bicyclic) bond motifs is 1. The summed E-state index contributed by atoms with van der Waals surface area (Å²) in [5.41, 5.74) is 1.31. The van der Waals surface area contributed by atoms with Crippen LogP contribution in [-0.2, 0) is 6.54 Å². The molecular weight excluding hydrogens is 268 g/mol. The maximum absolute atomic E-state index is 4.90. The monoisotopic (exact) mass is 292 g/mol. The molecule has 0 bridgehead atoms. The van der Waals surface area contributed by atoms with Crippen LogP contribution < -0.4 is 10.2 Å². The third-order valence-electron chi connectivity index (χ3n) is 4.27. The van der Waals surface area contributed by atoms with E-state index in [9.17, 15) is 0 Å². The standard InChI is InChI=1S/C15H24N4S/c1-4-16-9-13-14(17-15-18(13)7-8-20-15)19-10-11(2)5-6-12(19)3/h7-8,11-12,16H,4-6,9-10H2,1-3H3. The number of anilines is 1. The average molecular weight is 292 g/mol. The van der Waals surface area contributed by atoms with Crippen LogP contribution in [0.1, 0.15) is 39.3 Å². The Morgan fingerprint density at radius 1 is 1.40 bits per heavy atom. The number of nitrogens with zero attached hydrogens (tertiary/aromatic N) is 3. The van der Waals surface area contributed by atoms with E-state index in [1.807, 2.05) is 0 Å². The average Bonchev–Trinajstić information content (AvgIpc) is 3.00. The van der Waals surface area contributed by atoms with Gasteiger partial charge in [-0.25, -0.2) is 4.98 Å². The van der Waals surface area contributed by atoms with Gasteiger partial charge in [-0.1, -0.05) is 13.8 Å². The molecule has 3 rings (SSSR count). The first kappa shape index (κ1) is 13.9. The predicted octanol–water partition coefficient (Wildman–Crippen LogP) is 3.13. The second-order valence-electron chi connectivity index (χ2n) is 5.90. The van der Waals surface area contributed by atoms with Crippen LogP contribution in [-0.4, -0.2) is 28.5 Å². The Hall–Kier alpha value is -1.07. The zero-order valence-electron chi connectivity index (χ0n) is 12.6. The minimum atomic E-state index is 0.594. The molecule has 5 heteroatoms. The van der Waals surface area contributed by atoms with Gasteiger partial charge in [-0.15, -0.1) is 11.3 Å². The second-order valence-corrected chi connectivity index (χ2v) is 6.77. The third kappa shape index (κ3) is 2.44. The third-order valence-corrected chi connectivity index (χ3v) is 5.03. The summed E-state index contributed by atoms with van der Waals surface area (Å²) in [5.74, 6) is 1.95.